The van der Waals surface area contributed by atoms with Crippen molar-refractivity contribution in [2.75, 3.05) is 13.2 Å². The first-order valence-electron chi connectivity index (χ1n) is 5.47. The van der Waals surface area contributed by atoms with E-state index in [-0.39, 0.29) is 19.0 Å². The smallest absolute Gasteiger partial charge is 0.124 e. The van der Waals surface area contributed by atoms with Gasteiger partial charge in [-0.1, -0.05) is 28.9 Å². The fourth-order valence-electron chi connectivity index (χ4n) is 1.46. The Morgan fingerprint density at radius 1 is 1.35 bits per heavy atom. The number of halogens is 2. The first-order valence-corrected chi connectivity index (χ1v) is 6.27. The van der Waals surface area contributed by atoms with Gasteiger partial charge in [-0.25, -0.2) is 4.39 Å². The minimum Gasteiger partial charge on any atom is -0.394 e. The summed E-state index contributed by atoms with van der Waals surface area (Å²) in [5.74, 6) is -0.299. The third kappa shape index (κ3) is 3.74. The first kappa shape index (κ1) is 14.6. The zero-order chi connectivity index (χ0) is 12.9. The average Bonchev–Trinajstić information content (AvgIpc) is 2.33. The maximum Gasteiger partial charge on any atom is 0.124 e. The van der Waals surface area contributed by atoms with Gasteiger partial charge in [-0.05, 0) is 24.1 Å². The standard InChI is InChI=1S/C12H17BrFNO2/c1-2-12(7-16,8-17)15-6-9-3-4-10(14)5-11(9)13/h3-5,15-17H,2,6-8H2,1H3. The second-order valence-corrected chi connectivity index (χ2v) is 4.89. The molecule has 0 radical (unpaired) electrons. The van der Waals surface area contributed by atoms with Crippen LogP contribution in [-0.2, 0) is 6.54 Å². The number of hydrogen-bond acceptors (Lipinski definition) is 3. The maximum atomic E-state index is 12.9. The van der Waals surface area contributed by atoms with Crippen molar-refractivity contribution in [2.24, 2.45) is 0 Å². The molecule has 0 spiro atoms. The summed E-state index contributed by atoms with van der Waals surface area (Å²) in [6, 6.07) is 4.44. The molecule has 0 saturated carbocycles. The number of rotatable bonds is 6. The summed E-state index contributed by atoms with van der Waals surface area (Å²) >= 11 is 3.28. The van der Waals surface area contributed by atoms with Gasteiger partial charge in [-0.2, -0.15) is 0 Å². The van der Waals surface area contributed by atoms with Crippen LogP contribution in [0.4, 0.5) is 4.39 Å². The molecule has 0 heterocycles. The highest BCUT2D eigenvalue weighted by Crippen LogP contribution is 2.19. The molecular formula is C12H17BrFNO2. The second-order valence-electron chi connectivity index (χ2n) is 4.04. The number of aliphatic hydroxyl groups excluding tert-OH is 2. The molecule has 0 aliphatic rings. The molecule has 1 rings (SSSR count). The van der Waals surface area contributed by atoms with Crippen molar-refractivity contribution in [1.82, 2.24) is 5.32 Å². The molecule has 5 heteroatoms. The lowest BCUT2D eigenvalue weighted by molar-refractivity contribution is 0.0863. The Morgan fingerprint density at radius 2 is 2.00 bits per heavy atom. The van der Waals surface area contributed by atoms with E-state index in [1.54, 1.807) is 6.07 Å². The van der Waals surface area contributed by atoms with Crippen LogP contribution in [0, 0.1) is 5.82 Å². The summed E-state index contributed by atoms with van der Waals surface area (Å²) in [6.45, 7) is 2.06. The lowest BCUT2D eigenvalue weighted by Crippen LogP contribution is -2.50. The van der Waals surface area contributed by atoms with Gasteiger partial charge in [0.25, 0.3) is 0 Å². The van der Waals surface area contributed by atoms with Gasteiger partial charge in [0.2, 0.25) is 0 Å². The van der Waals surface area contributed by atoms with E-state index in [4.69, 9.17) is 0 Å². The van der Waals surface area contributed by atoms with E-state index in [9.17, 15) is 14.6 Å². The van der Waals surface area contributed by atoms with Crippen LogP contribution in [-0.4, -0.2) is 29.0 Å². The fourth-order valence-corrected chi connectivity index (χ4v) is 1.95. The predicted molar refractivity (Wildman–Crippen MR) is 68.1 cm³/mol. The third-order valence-electron chi connectivity index (χ3n) is 2.95. The lowest BCUT2D eigenvalue weighted by atomic mass is 9.98. The zero-order valence-corrected chi connectivity index (χ0v) is 11.3. The predicted octanol–water partition coefficient (Wildman–Crippen LogP) is 1.81. The zero-order valence-electron chi connectivity index (χ0n) is 9.71. The van der Waals surface area contributed by atoms with Gasteiger partial charge in [-0.15, -0.1) is 0 Å². The Kier molecular flexibility index (Phi) is 5.52. The van der Waals surface area contributed by atoms with Crippen LogP contribution in [0.25, 0.3) is 0 Å². The van der Waals surface area contributed by atoms with Crippen LogP contribution in [0.1, 0.15) is 18.9 Å². The molecule has 1 aromatic rings. The Labute approximate surface area is 109 Å². The van der Waals surface area contributed by atoms with Crippen LogP contribution in [0.5, 0.6) is 0 Å². The average molecular weight is 306 g/mol. The van der Waals surface area contributed by atoms with Gasteiger partial charge >= 0.3 is 0 Å². The molecule has 0 aromatic heterocycles. The van der Waals surface area contributed by atoms with Gasteiger partial charge < -0.3 is 15.5 Å². The molecule has 0 fully saturated rings. The highest BCUT2D eigenvalue weighted by molar-refractivity contribution is 9.10. The van der Waals surface area contributed by atoms with E-state index in [0.717, 1.165) is 5.56 Å². The summed E-state index contributed by atoms with van der Waals surface area (Å²) < 4.78 is 13.6. The van der Waals surface area contributed by atoms with E-state index in [2.05, 4.69) is 21.2 Å². The Morgan fingerprint density at radius 3 is 2.47 bits per heavy atom. The number of benzene rings is 1. The van der Waals surface area contributed by atoms with Crippen molar-refractivity contribution in [1.29, 1.82) is 0 Å². The summed E-state index contributed by atoms with van der Waals surface area (Å²) in [6.07, 6.45) is 0.610. The summed E-state index contributed by atoms with van der Waals surface area (Å²) in [4.78, 5) is 0. The largest absolute Gasteiger partial charge is 0.394 e. The number of hydrogen-bond donors (Lipinski definition) is 3. The Hall–Kier alpha value is -0.490. The van der Waals surface area contributed by atoms with E-state index < -0.39 is 5.54 Å². The van der Waals surface area contributed by atoms with Crippen molar-refractivity contribution in [3.63, 3.8) is 0 Å². The van der Waals surface area contributed by atoms with Crippen molar-refractivity contribution in [2.45, 2.75) is 25.4 Å². The molecule has 0 aliphatic heterocycles. The maximum absolute atomic E-state index is 12.9. The third-order valence-corrected chi connectivity index (χ3v) is 3.69. The second kappa shape index (κ2) is 6.44. The highest BCUT2D eigenvalue weighted by Gasteiger charge is 2.25. The first-order chi connectivity index (χ1) is 8.06. The van der Waals surface area contributed by atoms with Gasteiger partial charge in [0.1, 0.15) is 5.82 Å². The fraction of sp³-hybridized carbons (Fsp3) is 0.500. The van der Waals surface area contributed by atoms with Crippen LogP contribution in [0.15, 0.2) is 22.7 Å². The summed E-state index contributed by atoms with van der Waals surface area (Å²) in [7, 11) is 0. The summed E-state index contributed by atoms with van der Waals surface area (Å²) in [5, 5.41) is 21.7. The molecule has 0 unspecified atom stereocenters. The molecule has 0 atom stereocenters. The van der Waals surface area contributed by atoms with Crippen molar-refractivity contribution in [3.8, 4) is 0 Å². The lowest BCUT2D eigenvalue weighted by Gasteiger charge is -2.30. The highest BCUT2D eigenvalue weighted by atomic mass is 79.9. The minimum atomic E-state index is -0.687. The number of nitrogens with one attached hydrogen (secondary N) is 1. The molecule has 96 valence electrons. The molecule has 0 amide bonds. The van der Waals surface area contributed by atoms with Crippen LogP contribution >= 0.6 is 15.9 Å². The molecule has 1 aromatic carbocycles. The molecule has 17 heavy (non-hydrogen) atoms. The molecule has 3 N–H and O–H groups in total. The molecule has 0 bridgehead atoms. The molecular weight excluding hydrogens is 289 g/mol. The van der Waals surface area contributed by atoms with Crippen LogP contribution in [0.3, 0.4) is 0 Å². The Balaban J connectivity index is 2.72. The summed E-state index contributed by atoms with van der Waals surface area (Å²) in [5.41, 5.74) is 0.194. The molecule has 0 aliphatic carbocycles. The van der Waals surface area contributed by atoms with E-state index in [0.29, 0.717) is 17.4 Å². The molecule has 3 nitrogen and oxygen atoms in total. The normalized spacial score (nSPS) is 11.8. The quantitative estimate of drug-likeness (QED) is 0.751. The van der Waals surface area contributed by atoms with Crippen LogP contribution in [0.2, 0.25) is 0 Å². The molecule has 0 saturated heterocycles. The SMILES string of the molecule is CCC(CO)(CO)NCc1ccc(F)cc1Br. The topological polar surface area (TPSA) is 52.5 Å². The van der Waals surface area contributed by atoms with Crippen molar-refractivity contribution < 1.29 is 14.6 Å². The van der Waals surface area contributed by atoms with Crippen LogP contribution < -0.4 is 5.32 Å². The van der Waals surface area contributed by atoms with Gasteiger partial charge in [0.15, 0.2) is 0 Å². The van der Waals surface area contributed by atoms with Crippen molar-refractivity contribution in [3.05, 3.63) is 34.1 Å². The van der Waals surface area contributed by atoms with E-state index >= 15 is 0 Å². The van der Waals surface area contributed by atoms with E-state index in [1.807, 2.05) is 6.92 Å². The van der Waals surface area contributed by atoms with Gasteiger partial charge in [0.05, 0.1) is 18.8 Å². The van der Waals surface area contributed by atoms with Gasteiger partial charge in [0, 0.05) is 11.0 Å². The van der Waals surface area contributed by atoms with Crippen molar-refractivity contribution >= 4 is 15.9 Å². The van der Waals surface area contributed by atoms with E-state index in [1.165, 1.54) is 12.1 Å². The van der Waals surface area contributed by atoms with Gasteiger partial charge in [-0.3, -0.25) is 0 Å². The monoisotopic (exact) mass is 305 g/mol. The Bertz CT molecular complexity index is 361. The minimum absolute atomic E-state index is 0.140. The number of aliphatic hydroxyl groups is 2.